The molecular formula is C24H37N5O7. The summed E-state index contributed by atoms with van der Waals surface area (Å²) in [5.74, 6) is -1.95. The van der Waals surface area contributed by atoms with Crippen molar-refractivity contribution < 1.29 is 33.2 Å². The van der Waals surface area contributed by atoms with Crippen molar-refractivity contribution in [2.75, 3.05) is 19.7 Å². The van der Waals surface area contributed by atoms with E-state index in [0.717, 1.165) is 0 Å². The fraction of sp³-hybridized carbons (Fsp3) is 0.667. The van der Waals surface area contributed by atoms with Crippen LogP contribution in [0.2, 0.25) is 0 Å². The van der Waals surface area contributed by atoms with Crippen LogP contribution in [-0.4, -0.2) is 71.4 Å². The molecule has 36 heavy (non-hydrogen) atoms. The molecule has 1 aliphatic rings. The van der Waals surface area contributed by atoms with Gasteiger partial charge in [0.25, 0.3) is 0 Å². The minimum atomic E-state index is -0.914. The smallest absolute Gasteiger partial charge is 0.343 e. The molecule has 1 fully saturated rings. The fourth-order valence-electron chi connectivity index (χ4n) is 3.78. The van der Waals surface area contributed by atoms with Crippen molar-refractivity contribution in [3.63, 3.8) is 0 Å². The molecule has 0 spiro atoms. The molecule has 200 valence electrons. The van der Waals surface area contributed by atoms with E-state index in [1.165, 1.54) is 11.2 Å². The number of ether oxygens (including phenoxy) is 1. The summed E-state index contributed by atoms with van der Waals surface area (Å²) in [7, 11) is 0. The van der Waals surface area contributed by atoms with Gasteiger partial charge < -0.3 is 19.9 Å². The van der Waals surface area contributed by atoms with Crippen LogP contribution in [0.15, 0.2) is 10.7 Å². The third-order valence-electron chi connectivity index (χ3n) is 5.70. The highest BCUT2D eigenvalue weighted by atomic mass is 16.5. The predicted molar refractivity (Wildman–Crippen MR) is 128 cm³/mol. The quantitative estimate of drug-likeness (QED) is 0.349. The monoisotopic (exact) mass is 507 g/mol. The zero-order valence-corrected chi connectivity index (χ0v) is 21.6. The number of Topliss-reactive ketones (excluding diaryl/α,β-unsaturated/α-hetero) is 1. The van der Waals surface area contributed by atoms with Crippen LogP contribution in [0.4, 0.5) is 0 Å². The van der Waals surface area contributed by atoms with E-state index >= 15 is 0 Å². The largest absolute Gasteiger partial charge is 0.454 e. The van der Waals surface area contributed by atoms with Crippen molar-refractivity contribution in [1.82, 2.24) is 26.2 Å². The highest BCUT2D eigenvalue weighted by Gasteiger charge is 2.35. The minimum Gasteiger partial charge on any atom is -0.454 e. The Morgan fingerprint density at radius 2 is 1.94 bits per heavy atom. The maximum absolute atomic E-state index is 13.1. The standard InChI is InChI=1S/C24H37N5O7/c1-14(2)11-20(31)25-10-8-21(32)29-18(7-6-9-26-29)23(33)28-22(15(3)4)19(30)13-35-24(34)17-12-27-36-16(17)5/h12,14-15,18,22,26H,6-11,13H2,1-5H3,(H,25,31)(H,28,33)/t18-,22-/m0/s1. The molecular weight excluding hydrogens is 470 g/mol. The van der Waals surface area contributed by atoms with Crippen molar-refractivity contribution >= 4 is 29.5 Å². The molecule has 0 radical (unpaired) electrons. The molecule has 0 aliphatic carbocycles. The Morgan fingerprint density at radius 1 is 1.22 bits per heavy atom. The molecule has 3 amide bonds. The predicted octanol–water partition coefficient (Wildman–Crippen LogP) is 0.898. The van der Waals surface area contributed by atoms with Gasteiger partial charge in [-0.15, -0.1) is 0 Å². The first-order chi connectivity index (χ1) is 17.0. The number of nitrogens with one attached hydrogen (secondary N) is 3. The molecule has 2 atom stereocenters. The number of aryl methyl sites for hydroxylation is 1. The lowest BCUT2D eigenvalue weighted by Gasteiger charge is -2.36. The van der Waals surface area contributed by atoms with Gasteiger partial charge in [-0.2, -0.15) is 0 Å². The maximum atomic E-state index is 13.1. The van der Waals surface area contributed by atoms with Crippen LogP contribution in [0.25, 0.3) is 0 Å². The van der Waals surface area contributed by atoms with E-state index in [4.69, 9.17) is 9.26 Å². The number of esters is 1. The van der Waals surface area contributed by atoms with Crippen LogP contribution in [0.5, 0.6) is 0 Å². The van der Waals surface area contributed by atoms with E-state index < -0.39 is 36.4 Å². The Kier molecular flexibility index (Phi) is 11.0. The van der Waals surface area contributed by atoms with Gasteiger partial charge in [0.2, 0.25) is 17.7 Å². The normalized spacial score (nSPS) is 16.5. The second-order valence-corrected chi connectivity index (χ2v) is 9.60. The first-order valence-corrected chi connectivity index (χ1v) is 12.2. The molecule has 1 saturated heterocycles. The molecule has 0 saturated carbocycles. The lowest BCUT2D eigenvalue weighted by Crippen LogP contribution is -2.61. The lowest BCUT2D eigenvalue weighted by atomic mass is 9.98. The van der Waals surface area contributed by atoms with Crippen LogP contribution >= 0.6 is 0 Å². The third kappa shape index (κ3) is 8.43. The summed E-state index contributed by atoms with van der Waals surface area (Å²) < 4.78 is 9.91. The van der Waals surface area contributed by atoms with Crippen molar-refractivity contribution in [3.05, 3.63) is 17.5 Å². The number of hydrogen-bond acceptors (Lipinski definition) is 9. The summed E-state index contributed by atoms with van der Waals surface area (Å²) in [6.07, 6.45) is 2.71. The summed E-state index contributed by atoms with van der Waals surface area (Å²) in [5.41, 5.74) is 3.08. The van der Waals surface area contributed by atoms with Gasteiger partial charge in [0.05, 0.1) is 12.2 Å². The Hall–Kier alpha value is -3.28. The highest BCUT2D eigenvalue weighted by molar-refractivity contribution is 5.96. The number of carbonyl (C=O) groups is 5. The zero-order valence-electron chi connectivity index (χ0n) is 21.6. The summed E-state index contributed by atoms with van der Waals surface area (Å²) in [5, 5.41) is 10.2. The number of hydrazine groups is 1. The maximum Gasteiger partial charge on any atom is 0.343 e. The summed E-state index contributed by atoms with van der Waals surface area (Å²) >= 11 is 0. The van der Waals surface area contributed by atoms with Gasteiger partial charge in [-0.3, -0.25) is 24.2 Å². The van der Waals surface area contributed by atoms with Crippen LogP contribution in [-0.2, 0) is 23.9 Å². The lowest BCUT2D eigenvalue weighted by molar-refractivity contribution is -0.147. The molecule has 2 rings (SSSR count). The molecule has 0 unspecified atom stereocenters. The number of nitrogens with zero attached hydrogens (tertiary/aromatic N) is 2. The summed E-state index contributed by atoms with van der Waals surface area (Å²) in [6, 6.07) is -1.73. The number of aromatic nitrogens is 1. The van der Waals surface area contributed by atoms with Crippen molar-refractivity contribution in [2.45, 2.75) is 72.4 Å². The molecule has 0 aromatic carbocycles. The minimum absolute atomic E-state index is 0.0331. The Bertz CT molecular complexity index is 943. The second kappa shape index (κ2) is 13.7. The molecule has 0 bridgehead atoms. The fourth-order valence-corrected chi connectivity index (χ4v) is 3.78. The molecule has 3 N–H and O–H groups in total. The molecule has 1 aliphatic heterocycles. The van der Waals surface area contributed by atoms with E-state index in [-0.39, 0.29) is 47.9 Å². The van der Waals surface area contributed by atoms with Gasteiger partial charge in [-0.1, -0.05) is 32.9 Å². The Morgan fingerprint density at radius 3 is 2.56 bits per heavy atom. The van der Waals surface area contributed by atoms with Crippen LogP contribution in [0.1, 0.15) is 69.5 Å². The molecule has 12 heteroatoms. The first kappa shape index (κ1) is 29.0. The number of amides is 3. The number of carbonyl (C=O) groups excluding carboxylic acids is 5. The van der Waals surface area contributed by atoms with Gasteiger partial charge in [0.1, 0.15) is 17.4 Å². The molecule has 1 aromatic rings. The Labute approximate surface area is 210 Å². The van der Waals surface area contributed by atoms with E-state index in [1.807, 2.05) is 13.8 Å². The average Bonchev–Trinajstić information content (AvgIpc) is 3.25. The topological polar surface area (TPSA) is 160 Å². The zero-order chi connectivity index (χ0) is 26.8. The van der Waals surface area contributed by atoms with Gasteiger partial charge in [-0.25, -0.2) is 10.2 Å². The SMILES string of the molecule is Cc1oncc1C(=O)OCC(=O)[C@@H](NC(=O)[C@@H]1CCCNN1C(=O)CCNC(=O)CC(C)C)C(C)C. The average molecular weight is 508 g/mol. The van der Waals surface area contributed by atoms with Crippen LogP contribution < -0.4 is 16.1 Å². The summed E-state index contributed by atoms with van der Waals surface area (Å²) in [6.45, 7) is 9.10. The highest BCUT2D eigenvalue weighted by Crippen LogP contribution is 2.14. The van der Waals surface area contributed by atoms with E-state index in [2.05, 4.69) is 21.2 Å². The van der Waals surface area contributed by atoms with Gasteiger partial charge in [-0.05, 0) is 31.6 Å². The molecule has 12 nitrogen and oxygen atoms in total. The number of rotatable bonds is 12. The molecule has 2 heterocycles. The van der Waals surface area contributed by atoms with Crippen LogP contribution in [0.3, 0.4) is 0 Å². The van der Waals surface area contributed by atoms with Crippen LogP contribution in [0, 0.1) is 18.8 Å². The Balaban J connectivity index is 1.94. The van der Waals surface area contributed by atoms with Crippen molar-refractivity contribution in [2.24, 2.45) is 11.8 Å². The van der Waals surface area contributed by atoms with E-state index in [1.54, 1.807) is 20.8 Å². The van der Waals surface area contributed by atoms with Gasteiger partial charge in [0.15, 0.2) is 12.4 Å². The second-order valence-electron chi connectivity index (χ2n) is 9.60. The summed E-state index contributed by atoms with van der Waals surface area (Å²) in [4.78, 5) is 62.7. The number of hydrogen-bond donors (Lipinski definition) is 3. The van der Waals surface area contributed by atoms with E-state index in [9.17, 15) is 24.0 Å². The molecule has 1 aromatic heterocycles. The van der Waals surface area contributed by atoms with E-state index in [0.29, 0.717) is 25.8 Å². The van der Waals surface area contributed by atoms with Gasteiger partial charge >= 0.3 is 5.97 Å². The first-order valence-electron chi connectivity index (χ1n) is 12.2. The van der Waals surface area contributed by atoms with Gasteiger partial charge in [0, 0.05) is 25.9 Å². The number of ketones is 1. The third-order valence-corrected chi connectivity index (χ3v) is 5.70. The van der Waals surface area contributed by atoms with Crippen molar-refractivity contribution in [1.29, 1.82) is 0 Å². The van der Waals surface area contributed by atoms with Crippen molar-refractivity contribution in [3.8, 4) is 0 Å².